The van der Waals surface area contributed by atoms with Gasteiger partial charge in [-0.15, -0.1) is 77.5 Å². The zero-order valence-electron chi connectivity index (χ0n) is 22.8. The Kier molecular flexibility index (Phi) is 12.4. The number of aromatic nitrogens is 3. The summed E-state index contributed by atoms with van der Waals surface area (Å²) in [4.78, 5) is 16.9. The van der Waals surface area contributed by atoms with Crippen molar-refractivity contribution in [2.45, 2.75) is 13.8 Å². The molecule has 41 heavy (non-hydrogen) atoms. The van der Waals surface area contributed by atoms with Gasteiger partial charge in [0.2, 0.25) is 0 Å². The van der Waals surface area contributed by atoms with Crippen LogP contribution < -0.4 is 4.98 Å². The summed E-state index contributed by atoms with van der Waals surface area (Å²) in [5.74, 6) is 0.278. The predicted molar refractivity (Wildman–Crippen MR) is 162 cm³/mol. The monoisotopic (exact) mass is 714 g/mol. The van der Waals surface area contributed by atoms with Gasteiger partial charge in [-0.3, -0.25) is 4.99 Å². The van der Waals surface area contributed by atoms with Crippen molar-refractivity contribution in [1.82, 2.24) is 15.0 Å². The van der Waals surface area contributed by atoms with Gasteiger partial charge < -0.3 is 20.1 Å². The molecule has 0 radical (unpaired) electrons. The molecule has 1 N–H and O–H groups in total. The molecule has 0 saturated heterocycles. The Bertz CT molecular complexity index is 1420. The number of phenols is 1. The van der Waals surface area contributed by atoms with Crippen molar-refractivity contribution in [2.75, 3.05) is 0 Å². The maximum absolute atomic E-state index is 9.41. The first-order chi connectivity index (χ1) is 19.6. The van der Waals surface area contributed by atoms with Gasteiger partial charge in [-0.05, 0) is 60.6 Å². The fraction of sp³-hybridized carbons (Fsp3) is 0.0571. The average Bonchev–Trinajstić information content (AvgIpc) is 3.53. The molecule has 0 aliphatic heterocycles. The van der Waals surface area contributed by atoms with Gasteiger partial charge in [-0.25, -0.2) is 0 Å². The van der Waals surface area contributed by atoms with E-state index in [2.05, 4.69) is 32.1 Å². The van der Waals surface area contributed by atoms with E-state index in [9.17, 15) is 5.11 Å². The van der Waals surface area contributed by atoms with Crippen molar-refractivity contribution in [3.05, 3.63) is 157 Å². The number of nitrogens with zero attached hydrogens (tertiary/aromatic N) is 4. The van der Waals surface area contributed by atoms with Crippen LogP contribution in [0.25, 0.3) is 22.5 Å². The van der Waals surface area contributed by atoms with Crippen LogP contribution in [0.15, 0.2) is 133 Å². The fourth-order valence-corrected chi connectivity index (χ4v) is 3.81. The van der Waals surface area contributed by atoms with E-state index in [4.69, 9.17) is 0 Å². The third kappa shape index (κ3) is 9.80. The Morgan fingerprint density at radius 1 is 0.707 bits per heavy atom. The normalized spacial score (nSPS) is 10.0. The number of pyridine rings is 2. The number of aryl methyl sites for hydroxylation is 2. The second-order valence-electron chi connectivity index (χ2n) is 8.73. The van der Waals surface area contributed by atoms with E-state index >= 15 is 0 Å². The number of phenolic OH excluding ortho intramolecular Hbond substituents is 1. The Morgan fingerprint density at radius 2 is 1.24 bits per heavy atom. The maximum Gasteiger partial charge on any atom is 3.00 e. The summed E-state index contributed by atoms with van der Waals surface area (Å²) in [6, 6.07) is 40.8. The van der Waals surface area contributed by atoms with Crippen LogP contribution in [0.3, 0.4) is 0 Å². The second kappa shape index (κ2) is 16.5. The summed E-state index contributed by atoms with van der Waals surface area (Å²) >= 11 is 0. The van der Waals surface area contributed by atoms with Crippen molar-refractivity contribution in [2.24, 2.45) is 4.99 Å². The summed E-state index contributed by atoms with van der Waals surface area (Å²) in [5.41, 5.74) is 7.67. The minimum atomic E-state index is 0. The minimum absolute atomic E-state index is 0. The van der Waals surface area contributed by atoms with Crippen molar-refractivity contribution < 1.29 is 25.2 Å². The van der Waals surface area contributed by atoms with Crippen LogP contribution in [0.5, 0.6) is 5.75 Å². The molecular formula is C35H29IrN4O. The molecule has 0 aliphatic carbocycles. The minimum Gasteiger partial charge on any atom is -0.663 e. The van der Waals surface area contributed by atoms with Crippen molar-refractivity contribution in [3.8, 4) is 28.3 Å². The molecule has 0 saturated carbocycles. The third-order valence-electron chi connectivity index (χ3n) is 5.68. The topological polar surface area (TPSA) is 72.5 Å². The van der Waals surface area contributed by atoms with E-state index in [1.165, 1.54) is 0 Å². The summed E-state index contributed by atoms with van der Waals surface area (Å²) < 4.78 is 0. The molecule has 0 spiro atoms. The van der Waals surface area contributed by atoms with Crippen LogP contribution in [-0.2, 0) is 20.1 Å². The summed E-state index contributed by atoms with van der Waals surface area (Å²) in [7, 11) is 0. The van der Waals surface area contributed by atoms with E-state index in [1.807, 2.05) is 111 Å². The third-order valence-corrected chi connectivity index (χ3v) is 5.68. The Balaban J connectivity index is 0.000000169. The van der Waals surface area contributed by atoms with Crippen LogP contribution in [0.1, 0.15) is 16.8 Å². The Hall–Kier alpha value is -4.64. The number of benzene rings is 3. The molecule has 0 fully saturated rings. The molecule has 6 rings (SSSR count). The van der Waals surface area contributed by atoms with E-state index in [1.54, 1.807) is 36.9 Å². The van der Waals surface area contributed by atoms with Gasteiger partial charge in [0.15, 0.2) is 0 Å². The number of hydrogen-bond acceptors (Lipinski definition) is 4. The summed E-state index contributed by atoms with van der Waals surface area (Å²) in [6.45, 7) is 3.86. The van der Waals surface area contributed by atoms with Crippen molar-refractivity contribution in [3.63, 3.8) is 0 Å². The smallest absolute Gasteiger partial charge is 0.663 e. The van der Waals surface area contributed by atoms with Gasteiger partial charge in [0, 0.05) is 18.6 Å². The zero-order valence-corrected chi connectivity index (χ0v) is 25.2. The Morgan fingerprint density at radius 3 is 1.66 bits per heavy atom. The first-order valence-electron chi connectivity index (χ1n) is 12.8. The molecule has 3 aromatic heterocycles. The molecule has 6 aromatic rings. The van der Waals surface area contributed by atoms with Crippen LogP contribution >= 0.6 is 0 Å². The summed E-state index contributed by atoms with van der Waals surface area (Å²) in [6.07, 6.45) is 7.04. The molecule has 0 aliphatic rings. The van der Waals surface area contributed by atoms with Gasteiger partial charge in [0.1, 0.15) is 5.75 Å². The molecule has 0 unspecified atom stereocenters. The van der Waals surface area contributed by atoms with Crippen LogP contribution in [0.4, 0.5) is 5.69 Å². The van der Waals surface area contributed by atoms with Crippen LogP contribution in [0, 0.1) is 26.0 Å². The molecule has 0 bridgehead atoms. The summed E-state index contributed by atoms with van der Waals surface area (Å²) in [5, 5.41) is 9.41. The van der Waals surface area contributed by atoms with Gasteiger partial charge in [-0.1, -0.05) is 36.4 Å². The van der Waals surface area contributed by atoms with E-state index < -0.39 is 0 Å². The molecule has 0 amide bonds. The van der Waals surface area contributed by atoms with Crippen molar-refractivity contribution in [1.29, 1.82) is 0 Å². The molecule has 3 aromatic carbocycles. The van der Waals surface area contributed by atoms with Gasteiger partial charge in [0.25, 0.3) is 0 Å². The molecule has 3 heterocycles. The van der Waals surface area contributed by atoms with E-state index in [0.717, 1.165) is 45.0 Å². The van der Waals surface area contributed by atoms with E-state index in [0.29, 0.717) is 0 Å². The first kappa shape index (κ1) is 30.9. The fourth-order valence-electron chi connectivity index (χ4n) is 3.81. The molecule has 5 nitrogen and oxygen atoms in total. The van der Waals surface area contributed by atoms with Crippen LogP contribution in [0.2, 0.25) is 0 Å². The molecular weight excluding hydrogens is 685 g/mol. The SMILES string of the molecule is Cc1cc(O)cc(C)c1N=Cc1ccc[n-]1.[Ir+3].[c-]1ccccc1-c1ccccn1.[c-]1ccccc1-c1ccccn1. The van der Waals surface area contributed by atoms with Crippen LogP contribution in [-0.4, -0.2) is 21.3 Å². The number of rotatable bonds is 4. The van der Waals surface area contributed by atoms with Gasteiger partial charge >= 0.3 is 20.1 Å². The number of aromatic hydroxyl groups is 1. The molecule has 204 valence electrons. The predicted octanol–water partition coefficient (Wildman–Crippen LogP) is 7.81. The second-order valence-corrected chi connectivity index (χ2v) is 8.73. The molecule has 0 atom stereocenters. The first-order valence-corrected chi connectivity index (χ1v) is 12.8. The van der Waals surface area contributed by atoms with E-state index in [-0.39, 0.29) is 25.9 Å². The standard InChI is InChI=1S/C13H13N2O.2C11H8N.Ir/c1-9-6-12(16)7-10(2)13(9)15-8-11-4-3-5-14-11;2*1-2-6-10(7-3-1)11-8-4-5-9-12-11;/h3-8H,1-2H3,(H-,14,15,16);2*1-6,8-9H;/q3*-1;+3. The average molecular weight is 714 g/mol. The Labute approximate surface area is 255 Å². The van der Waals surface area contributed by atoms with Gasteiger partial charge in [-0.2, -0.15) is 6.20 Å². The molecule has 6 heteroatoms. The van der Waals surface area contributed by atoms with Crippen molar-refractivity contribution >= 4 is 11.9 Å². The zero-order chi connectivity index (χ0) is 28.0. The largest absolute Gasteiger partial charge is 3.00 e. The number of hydrogen-bond donors (Lipinski definition) is 1. The quantitative estimate of drug-likeness (QED) is 0.150. The maximum atomic E-state index is 9.41. The number of aliphatic imine (C=N–C) groups is 1. The van der Waals surface area contributed by atoms with Gasteiger partial charge in [0.05, 0.1) is 5.69 Å².